The summed E-state index contributed by atoms with van der Waals surface area (Å²) in [5.41, 5.74) is 3.63. The van der Waals surface area contributed by atoms with Crippen LogP contribution in [-0.2, 0) is 0 Å². The molecule has 2 saturated carbocycles. The standard InChI is InChI=1S/C28H32F2N8S/c1-16-11-24(36-35-16)32-27-25(17-9-10-17)26(18-14-31-38(15-18)19-7-5-4-6-8-19)33-28(34-27)37(2)22-12-21(30)23(39-3)13-20(22)29/h11-15,17,19H,4-10H2,1-3H3,(H2,32,33,34,35,36). The molecule has 0 radical (unpaired) electrons. The Bertz CT molecular complexity index is 1490. The molecule has 3 aromatic heterocycles. The Balaban J connectivity index is 1.47. The van der Waals surface area contributed by atoms with Gasteiger partial charge in [-0.05, 0) is 50.8 Å². The summed E-state index contributed by atoms with van der Waals surface area (Å²) >= 11 is 1.16. The number of rotatable bonds is 8. The van der Waals surface area contributed by atoms with E-state index in [1.165, 1.54) is 36.3 Å². The summed E-state index contributed by atoms with van der Waals surface area (Å²) in [6.45, 7) is 1.93. The number of aromatic nitrogens is 6. The molecule has 8 nitrogen and oxygen atoms in total. The van der Waals surface area contributed by atoms with E-state index in [9.17, 15) is 4.39 Å². The van der Waals surface area contributed by atoms with Crippen LogP contribution >= 0.6 is 11.8 Å². The Hall–Kier alpha value is -3.47. The molecule has 0 bridgehead atoms. The number of H-pyrrole nitrogens is 1. The molecular formula is C28H32F2N8S. The van der Waals surface area contributed by atoms with Crippen LogP contribution in [0.4, 0.5) is 32.1 Å². The van der Waals surface area contributed by atoms with Gasteiger partial charge in [0.05, 0.1) is 23.6 Å². The number of aromatic amines is 1. The first kappa shape index (κ1) is 25.8. The number of benzene rings is 1. The molecule has 0 saturated heterocycles. The molecular weight excluding hydrogens is 518 g/mol. The summed E-state index contributed by atoms with van der Waals surface area (Å²) in [5, 5.41) is 15.4. The largest absolute Gasteiger partial charge is 0.323 e. The summed E-state index contributed by atoms with van der Waals surface area (Å²) in [5.74, 6) is 0.775. The number of nitrogens with one attached hydrogen (secondary N) is 2. The van der Waals surface area contributed by atoms with Crippen LogP contribution in [0, 0.1) is 18.6 Å². The highest BCUT2D eigenvalue weighted by atomic mass is 32.2. The minimum absolute atomic E-state index is 0.0647. The second-order valence-electron chi connectivity index (χ2n) is 10.5. The van der Waals surface area contributed by atoms with E-state index in [-0.39, 0.29) is 16.5 Å². The van der Waals surface area contributed by atoms with Crippen molar-refractivity contribution in [3.8, 4) is 11.3 Å². The molecule has 1 aromatic carbocycles. The molecule has 2 fully saturated rings. The minimum atomic E-state index is -0.540. The lowest BCUT2D eigenvalue weighted by molar-refractivity contribution is 0.329. The summed E-state index contributed by atoms with van der Waals surface area (Å²) in [6.07, 6.45) is 13.7. The monoisotopic (exact) mass is 550 g/mol. The van der Waals surface area contributed by atoms with E-state index in [4.69, 9.17) is 15.1 Å². The molecule has 0 atom stereocenters. The summed E-state index contributed by atoms with van der Waals surface area (Å²) in [6, 6.07) is 4.70. The van der Waals surface area contributed by atoms with Crippen LogP contribution in [0.5, 0.6) is 0 Å². The first-order valence-corrected chi connectivity index (χ1v) is 14.7. The smallest absolute Gasteiger partial charge is 0.232 e. The van der Waals surface area contributed by atoms with Crippen LogP contribution in [0.1, 0.15) is 68.2 Å². The Kier molecular flexibility index (Phi) is 7.01. The number of thioether (sulfide) groups is 1. The molecule has 2 aliphatic carbocycles. The molecule has 0 unspecified atom stereocenters. The second kappa shape index (κ2) is 10.6. The quantitative estimate of drug-likeness (QED) is 0.223. The van der Waals surface area contributed by atoms with Gasteiger partial charge < -0.3 is 10.2 Å². The van der Waals surface area contributed by atoms with E-state index < -0.39 is 11.6 Å². The zero-order valence-corrected chi connectivity index (χ0v) is 23.2. The van der Waals surface area contributed by atoms with Crippen molar-refractivity contribution < 1.29 is 8.78 Å². The van der Waals surface area contributed by atoms with Crippen LogP contribution < -0.4 is 10.2 Å². The zero-order chi connectivity index (χ0) is 27.1. The van der Waals surface area contributed by atoms with Gasteiger partial charge in [0.2, 0.25) is 5.95 Å². The Morgan fingerprint density at radius 1 is 1.05 bits per heavy atom. The lowest BCUT2D eigenvalue weighted by Crippen LogP contribution is -2.17. The highest BCUT2D eigenvalue weighted by Gasteiger charge is 2.33. The fourth-order valence-corrected chi connectivity index (χ4v) is 5.81. The van der Waals surface area contributed by atoms with Crippen LogP contribution in [-0.4, -0.2) is 43.2 Å². The van der Waals surface area contributed by atoms with Gasteiger partial charge in [-0.3, -0.25) is 9.78 Å². The van der Waals surface area contributed by atoms with Gasteiger partial charge in [0.15, 0.2) is 5.82 Å². The summed E-state index contributed by atoms with van der Waals surface area (Å²) < 4.78 is 31.9. The SMILES string of the molecule is CSc1cc(F)c(N(C)c2nc(Nc3cc(C)[nH]n3)c(C3CC3)c(-c3cnn(C4CCCCC4)c3)n2)cc1F. The molecule has 6 rings (SSSR count). The van der Waals surface area contributed by atoms with Crippen molar-refractivity contribution in [3.05, 3.63) is 53.5 Å². The molecule has 0 spiro atoms. The highest BCUT2D eigenvalue weighted by Crippen LogP contribution is 2.48. The fraction of sp³-hybridized carbons (Fsp3) is 0.429. The first-order valence-electron chi connectivity index (χ1n) is 13.4. The van der Waals surface area contributed by atoms with Gasteiger partial charge in [-0.1, -0.05) is 19.3 Å². The number of halogens is 2. The summed E-state index contributed by atoms with van der Waals surface area (Å²) in [7, 11) is 1.65. The Labute approximate surface area is 230 Å². The number of hydrogen-bond acceptors (Lipinski definition) is 7. The molecule has 3 heterocycles. The normalized spacial score (nSPS) is 16.0. The van der Waals surface area contributed by atoms with Crippen molar-refractivity contribution in [2.24, 2.45) is 0 Å². The van der Waals surface area contributed by atoms with E-state index in [0.29, 0.717) is 23.6 Å². The van der Waals surface area contributed by atoms with E-state index in [1.807, 2.05) is 19.2 Å². The third kappa shape index (κ3) is 5.24. The van der Waals surface area contributed by atoms with E-state index >= 15 is 4.39 Å². The van der Waals surface area contributed by atoms with Crippen molar-refractivity contribution in [2.75, 3.05) is 23.5 Å². The third-order valence-electron chi connectivity index (χ3n) is 7.58. The number of aryl methyl sites for hydroxylation is 1. The van der Waals surface area contributed by atoms with Crippen molar-refractivity contribution in [2.45, 2.75) is 68.7 Å². The lowest BCUT2D eigenvalue weighted by atomic mass is 9.96. The van der Waals surface area contributed by atoms with Gasteiger partial charge in [-0.15, -0.1) is 11.8 Å². The molecule has 4 aromatic rings. The Morgan fingerprint density at radius 3 is 2.54 bits per heavy atom. The maximum atomic E-state index is 15.1. The number of nitrogens with zero attached hydrogens (tertiary/aromatic N) is 6. The molecule has 204 valence electrons. The van der Waals surface area contributed by atoms with E-state index in [0.717, 1.165) is 60.0 Å². The molecule has 2 N–H and O–H groups in total. The third-order valence-corrected chi connectivity index (χ3v) is 8.33. The van der Waals surface area contributed by atoms with Gasteiger partial charge in [0.1, 0.15) is 17.5 Å². The number of hydrogen-bond donors (Lipinski definition) is 2. The van der Waals surface area contributed by atoms with Gasteiger partial charge in [0.25, 0.3) is 0 Å². The minimum Gasteiger partial charge on any atom is -0.323 e. The van der Waals surface area contributed by atoms with Gasteiger partial charge in [0, 0.05) is 47.1 Å². The van der Waals surface area contributed by atoms with Gasteiger partial charge in [-0.2, -0.15) is 15.2 Å². The van der Waals surface area contributed by atoms with Crippen LogP contribution in [0.3, 0.4) is 0 Å². The molecule has 0 aliphatic heterocycles. The predicted molar refractivity (Wildman–Crippen MR) is 150 cm³/mol. The van der Waals surface area contributed by atoms with Crippen molar-refractivity contribution in [3.63, 3.8) is 0 Å². The topological polar surface area (TPSA) is 87.5 Å². The second-order valence-corrected chi connectivity index (χ2v) is 11.3. The van der Waals surface area contributed by atoms with Crippen LogP contribution in [0.25, 0.3) is 11.3 Å². The predicted octanol–water partition coefficient (Wildman–Crippen LogP) is 7.27. The van der Waals surface area contributed by atoms with E-state index in [2.05, 4.69) is 26.4 Å². The van der Waals surface area contributed by atoms with Crippen molar-refractivity contribution in [1.29, 1.82) is 0 Å². The molecule has 0 amide bonds. The number of anilines is 4. The maximum absolute atomic E-state index is 15.1. The first-order chi connectivity index (χ1) is 18.9. The van der Waals surface area contributed by atoms with Gasteiger partial charge in [-0.25, -0.2) is 13.8 Å². The lowest BCUT2D eigenvalue weighted by Gasteiger charge is -2.22. The maximum Gasteiger partial charge on any atom is 0.232 e. The summed E-state index contributed by atoms with van der Waals surface area (Å²) in [4.78, 5) is 11.5. The Morgan fingerprint density at radius 2 is 1.85 bits per heavy atom. The van der Waals surface area contributed by atoms with Crippen LogP contribution in [0.2, 0.25) is 0 Å². The molecule has 39 heavy (non-hydrogen) atoms. The van der Waals surface area contributed by atoms with E-state index in [1.54, 1.807) is 13.3 Å². The molecule has 2 aliphatic rings. The average molecular weight is 551 g/mol. The zero-order valence-electron chi connectivity index (χ0n) is 22.3. The van der Waals surface area contributed by atoms with Crippen molar-refractivity contribution in [1.82, 2.24) is 29.9 Å². The van der Waals surface area contributed by atoms with Crippen molar-refractivity contribution >= 4 is 35.0 Å². The molecule has 11 heteroatoms. The van der Waals surface area contributed by atoms with Gasteiger partial charge >= 0.3 is 0 Å². The average Bonchev–Trinajstić information content (AvgIpc) is 3.51. The van der Waals surface area contributed by atoms with Crippen LogP contribution in [0.15, 0.2) is 35.5 Å². The fourth-order valence-electron chi connectivity index (χ4n) is 5.33. The highest BCUT2D eigenvalue weighted by molar-refractivity contribution is 7.98.